The zero-order valence-electron chi connectivity index (χ0n) is 8.42. The maximum atomic E-state index is 5.25. The number of nitrogens with zero attached hydrogens (tertiary/aromatic N) is 1. The zero-order valence-corrected chi connectivity index (χ0v) is 8.42. The summed E-state index contributed by atoms with van der Waals surface area (Å²) in [7, 11) is 1.77. The molecule has 0 rings (SSSR count). The Kier molecular flexibility index (Phi) is 5.51. The predicted molar refractivity (Wildman–Crippen MR) is 48.9 cm³/mol. The van der Waals surface area contributed by atoms with E-state index < -0.39 is 0 Å². The van der Waals surface area contributed by atoms with Gasteiger partial charge in [0.15, 0.2) is 0 Å². The quantitative estimate of drug-likeness (QED) is 0.606. The number of hydrogen-bond acceptors (Lipinski definition) is 2. The molecule has 0 N–H and O–H groups in total. The van der Waals surface area contributed by atoms with Crippen LogP contribution >= 0.6 is 0 Å². The molecule has 0 radical (unpaired) electrons. The normalized spacial score (nSPS) is 16.9. The topological polar surface area (TPSA) is 12.5 Å². The fraction of sp³-hybridized carbons (Fsp3) is 1.00. The standard InChI is InChI=1S/C9H21NO/c1-6-10(7-2)8(3)9(4)11-5/h8-9H,6-7H2,1-5H3/t8-,9+/m1/s1. The van der Waals surface area contributed by atoms with E-state index in [1.165, 1.54) is 0 Å². The Bertz CT molecular complexity index is 91.6. The molecule has 0 unspecified atom stereocenters. The first-order chi connectivity index (χ1) is 5.17. The van der Waals surface area contributed by atoms with Crippen LogP contribution in [-0.4, -0.2) is 37.2 Å². The lowest BCUT2D eigenvalue weighted by atomic mass is 10.2. The Morgan fingerprint density at radius 1 is 1.18 bits per heavy atom. The molecule has 0 fully saturated rings. The summed E-state index contributed by atoms with van der Waals surface area (Å²) in [5, 5.41) is 0. The molecule has 0 aromatic heterocycles. The maximum absolute atomic E-state index is 5.25. The molecule has 68 valence electrons. The first-order valence-corrected chi connectivity index (χ1v) is 4.44. The second-order valence-corrected chi connectivity index (χ2v) is 2.90. The van der Waals surface area contributed by atoms with Gasteiger partial charge < -0.3 is 4.74 Å². The van der Waals surface area contributed by atoms with Crippen molar-refractivity contribution < 1.29 is 4.74 Å². The van der Waals surface area contributed by atoms with Crippen LogP contribution in [0.25, 0.3) is 0 Å². The van der Waals surface area contributed by atoms with Gasteiger partial charge in [0.2, 0.25) is 0 Å². The van der Waals surface area contributed by atoms with Crippen LogP contribution in [0.4, 0.5) is 0 Å². The van der Waals surface area contributed by atoms with Crippen LogP contribution in [0.5, 0.6) is 0 Å². The van der Waals surface area contributed by atoms with Crippen molar-refractivity contribution in [2.45, 2.75) is 39.8 Å². The van der Waals surface area contributed by atoms with Gasteiger partial charge in [-0.05, 0) is 26.9 Å². The number of rotatable bonds is 5. The van der Waals surface area contributed by atoms with Crippen molar-refractivity contribution in [2.24, 2.45) is 0 Å². The fourth-order valence-electron chi connectivity index (χ4n) is 1.29. The van der Waals surface area contributed by atoms with Crippen molar-refractivity contribution in [3.8, 4) is 0 Å². The first-order valence-electron chi connectivity index (χ1n) is 4.44. The molecule has 11 heavy (non-hydrogen) atoms. The molecule has 0 bridgehead atoms. The van der Waals surface area contributed by atoms with Crippen LogP contribution in [0.1, 0.15) is 27.7 Å². The van der Waals surface area contributed by atoms with Gasteiger partial charge in [-0.1, -0.05) is 13.8 Å². The molecule has 0 heterocycles. The lowest BCUT2D eigenvalue weighted by Crippen LogP contribution is -2.40. The molecular weight excluding hydrogens is 138 g/mol. The SMILES string of the molecule is CCN(CC)[C@H](C)[C@H](C)OC. The summed E-state index contributed by atoms with van der Waals surface area (Å²) in [5.74, 6) is 0. The molecule has 0 aliphatic rings. The van der Waals surface area contributed by atoms with E-state index in [2.05, 4.69) is 32.6 Å². The van der Waals surface area contributed by atoms with Crippen LogP contribution in [0.15, 0.2) is 0 Å². The molecule has 0 saturated carbocycles. The van der Waals surface area contributed by atoms with Gasteiger partial charge in [0.05, 0.1) is 6.10 Å². The second-order valence-electron chi connectivity index (χ2n) is 2.90. The van der Waals surface area contributed by atoms with Crippen molar-refractivity contribution in [2.75, 3.05) is 20.2 Å². The van der Waals surface area contributed by atoms with Gasteiger partial charge in [-0.3, -0.25) is 4.90 Å². The average Bonchev–Trinajstić information content (AvgIpc) is 2.05. The van der Waals surface area contributed by atoms with Crippen LogP contribution < -0.4 is 0 Å². The minimum absolute atomic E-state index is 0.329. The van der Waals surface area contributed by atoms with Crippen molar-refractivity contribution in [3.63, 3.8) is 0 Å². The zero-order chi connectivity index (χ0) is 8.85. The lowest BCUT2D eigenvalue weighted by Gasteiger charge is -2.30. The average molecular weight is 159 g/mol. The highest BCUT2D eigenvalue weighted by molar-refractivity contribution is 4.70. The summed E-state index contributed by atoms with van der Waals surface area (Å²) < 4.78 is 5.25. The third-order valence-electron chi connectivity index (χ3n) is 2.44. The fourth-order valence-corrected chi connectivity index (χ4v) is 1.29. The molecule has 2 nitrogen and oxygen atoms in total. The van der Waals surface area contributed by atoms with E-state index in [0.29, 0.717) is 12.1 Å². The van der Waals surface area contributed by atoms with Gasteiger partial charge in [0.1, 0.15) is 0 Å². The molecule has 0 spiro atoms. The molecule has 0 aliphatic carbocycles. The Morgan fingerprint density at radius 2 is 1.64 bits per heavy atom. The van der Waals surface area contributed by atoms with E-state index >= 15 is 0 Å². The monoisotopic (exact) mass is 159 g/mol. The second kappa shape index (κ2) is 5.56. The lowest BCUT2D eigenvalue weighted by molar-refractivity contribution is 0.0376. The molecule has 2 heteroatoms. The maximum Gasteiger partial charge on any atom is 0.0695 e. The van der Waals surface area contributed by atoms with Gasteiger partial charge in [0.25, 0.3) is 0 Å². The summed E-state index contributed by atoms with van der Waals surface area (Å²) in [6.07, 6.45) is 0.329. The van der Waals surface area contributed by atoms with Crippen molar-refractivity contribution >= 4 is 0 Å². The van der Waals surface area contributed by atoms with Gasteiger partial charge in [-0.15, -0.1) is 0 Å². The summed E-state index contributed by atoms with van der Waals surface area (Å²) in [6, 6.07) is 0.523. The number of hydrogen-bond donors (Lipinski definition) is 0. The van der Waals surface area contributed by atoms with Crippen molar-refractivity contribution in [3.05, 3.63) is 0 Å². The summed E-state index contributed by atoms with van der Waals surface area (Å²) in [4.78, 5) is 2.40. The highest BCUT2D eigenvalue weighted by atomic mass is 16.5. The highest BCUT2D eigenvalue weighted by Crippen LogP contribution is 2.05. The first kappa shape index (κ1) is 10.9. The molecule has 0 aromatic carbocycles. The van der Waals surface area contributed by atoms with E-state index in [-0.39, 0.29) is 0 Å². The van der Waals surface area contributed by atoms with Gasteiger partial charge >= 0.3 is 0 Å². The molecule has 0 saturated heterocycles. The Labute approximate surface area is 70.5 Å². The van der Waals surface area contributed by atoms with Gasteiger partial charge in [-0.2, -0.15) is 0 Å². The third-order valence-corrected chi connectivity index (χ3v) is 2.44. The Hall–Kier alpha value is -0.0800. The minimum Gasteiger partial charge on any atom is -0.380 e. The van der Waals surface area contributed by atoms with Crippen LogP contribution in [0, 0.1) is 0 Å². The van der Waals surface area contributed by atoms with Crippen LogP contribution in [-0.2, 0) is 4.74 Å². The van der Waals surface area contributed by atoms with E-state index in [4.69, 9.17) is 4.74 Å². The highest BCUT2D eigenvalue weighted by Gasteiger charge is 2.16. The van der Waals surface area contributed by atoms with E-state index in [1.807, 2.05) is 0 Å². The summed E-state index contributed by atoms with van der Waals surface area (Å²) in [6.45, 7) is 10.9. The van der Waals surface area contributed by atoms with Crippen molar-refractivity contribution in [1.82, 2.24) is 4.90 Å². The van der Waals surface area contributed by atoms with Gasteiger partial charge in [0, 0.05) is 13.2 Å². The minimum atomic E-state index is 0.329. The predicted octanol–water partition coefficient (Wildman–Crippen LogP) is 1.75. The van der Waals surface area contributed by atoms with Crippen LogP contribution in [0.3, 0.4) is 0 Å². The molecule has 0 amide bonds. The molecule has 2 atom stereocenters. The van der Waals surface area contributed by atoms with E-state index in [1.54, 1.807) is 7.11 Å². The van der Waals surface area contributed by atoms with Crippen molar-refractivity contribution in [1.29, 1.82) is 0 Å². The van der Waals surface area contributed by atoms with Gasteiger partial charge in [-0.25, -0.2) is 0 Å². The Balaban J connectivity index is 3.86. The van der Waals surface area contributed by atoms with Crippen LogP contribution in [0.2, 0.25) is 0 Å². The van der Waals surface area contributed by atoms with E-state index in [0.717, 1.165) is 13.1 Å². The largest absolute Gasteiger partial charge is 0.380 e. The molecular formula is C9H21NO. The molecule has 0 aliphatic heterocycles. The number of methoxy groups -OCH3 is 1. The third kappa shape index (κ3) is 3.21. The summed E-state index contributed by atoms with van der Waals surface area (Å²) >= 11 is 0. The van der Waals surface area contributed by atoms with E-state index in [9.17, 15) is 0 Å². The molecule has 0 aromatic rings. The number of likely N-dealkylation sites (N-methyl/N-ethyl adjacent to an activating group) is 1. The number of ether oxygens (including phenoxy) is 1. The Morgan fingerprint density at radius 3 is 1.91 bits per heavy atom. The summed E-state index contributed by atoms with van der Waals surface area (Å²) in [5.41, 5.74) is 0. The smallest absolute Gasteiger partial charge is 0.0695 e.